The first-order valence-electron chi connectivity index (χ1n) is 5.63. The van der Waals surface area contributed by atoms with Gasteiger partial charge in [0.2, 0.25) is 0 Å². The summed E-state index contributed by atoms with van der Waals surface area (Å²) >= 11 is 0. The molecular formula is C13H12N4O. The lowest BCUT2D eigenvalue weighted by Gasteiger charge is -2.02. The lowest BCUT2D eigenvalue weighted by atomic mass is 10.1. The molecule has 5 heteroatoms. The largest absolute Gasteiger partial charge is 0.278 e. The first kappa shape index (κ1) is 10.7. The molecule has 3 aromatic rings. The molecule has 0 saturated carbocycles. The first-order chi connectivity index (χ1) is 8.68. The number of rotatable bonds is 1. The van der Waals surface area contributed by atoms with Crippen LogP contribution < -0.4 is 5.56 Å². The molecule has 0 spiro atoms. The van der Waals surface area contributed by atoms with Gasteiger partial charge in [0.05, 0.1) is 17.3 Å². The predicted octanol–water partition coefficient (Wildman–Crippen LogP) is 1.33. The summed E-state index contributed by atoms with van der Waals surface area (Å²) in [7, 11) is 3.48. The van der Waals surface area contributed by atoms with Crippen molar-refractivity contribution in [3.8, 4) is 11.3 Å². The van der Waals surface area contributed by atoms with Crippen molar-refractivity contribution in [2.45, 2.75) is 0 Å². The van der Waals surface area contributed by atoms with E-state index in [0.717, 1.165) is 11.3 Å². The molecule has 0 aliphatic heterocycles. The third-order valence-electron chi connectivity index (χ3n) is 2.98. The maximum absolute atomic E-state index is 12.2. The Hall–Kier alpha value is -2.43. The second kappa shape index (κ2) is 3.80. The zero-order valence-electron chi connectivity index (χ0n) is 10.2. The summed E-state index contributed by atoms with van der Waals surface area (Å²) in [5.41, 5.74) is 2.30. The van der Waals surface area contributed by atoms with Crippen molar-refractivity contribution in [2.75, 3.05) is 0 Å². The van der Waals surface area contributed by atoms with Crippen LogP contribution in [0.3, 0.4) is 0 Å². The van der Waals surface area contributed by atoms with Gasteiger partial charge < -0.3 is 0 Å². The normalized spacial score (nSPS) is 11.0. The zero-order chi connectivity index (χ0) is 12.7. The van der Waals surface area contributed by atoms with E-state index in [9.17, 15) is 4.79 Å². The van der Waals surface area contributed by atoms with E-state index in [4.69, 9.17) is 0 Å². The molecule has 0 bridgehead atoms. The number of nitrogens with zero attached hydrogens (tertiary/aromatic N) is 4. The monoisotopic (exact) mass is 240 g/mol. The molecule has 1 aromatic carbocycles. The van der Waals surface area contributed by atoms with Crippen molar-refractivity contribution in [2.24, 2.45) is 14.1 Å². The lowest BCUT2D eigenvalue weighted by molar-refractivity contribution is 0.717. The van der Waals surface area contributed by atoms with Gasteiger partial charge in [-0.05, 0) is 0 Å². The van der Waals surface area contributed by atoms with Crippen molar-refractivity contribution in [3.63, 3.8) is 0 Å². The number of aromatic nitrogens is 4. The molecule has 0 saturated heterocycles. The van der Waals surface area contributed by atoms with E-state index in [0.29, 0.717) is 10.9 Å². The van der Waals surface area contributed by atoms with E-state index in [2.05, 4.69) is 10.2 Å². The summed E-state index contributed by atoms with van der Waals surface area (Å²) in [4.78, 5) is 12.2. The van der Waals surface area contributed by atoms with Crippen molar-refractivity contribution in [3.05, 3.63) is 46.9 Å². The van der Waals surface area contributed by atoms with Gasteiger partial charge in [-0.1, -0.05) is 30.3 Å². The van der Waals surface area contributed by atoms with Gasteiger partial charge >= 0.3 is 0 Å². The van der Waals surface area contributed by atoms with Crippen molar-refractivity contribution < 1.29 is 0 Å². The summed E-state index contributed by atoms with van der Waals surface area (Å²) in [5.74, 6) is 0. The Bertz CT molecular complexity index is 771. The molecule has 0 aliphatic rings. The molecule has 0 radical (unpaired) electrons. The number of fused-ring (bicyclic) bond motifs is 1. The molecule has 0 amide bonds. The first-order valence-corrected chi connectivity index (χ1v) is 5.63. The minimum atomic E-state index is -0.126. The smallest absolute Gasteiger partial charge is 0.267 e. The van der Waals surface area contributed by atoms with E-state index >= 15 is 0 Å². The third kappa shape index (κ3) is 1.44. The Morgan fingerprint density at radius 2 is 1.78 bits per heavy atom. The summed E-state index contributed by atoms with van der Waals surface area (Å²) < 4.78 is 3.06. The quantitative estimate of drug-likeness (QED) is 0.645. The van der Waals surface area contributed by atoms with Gasteiger partial charge in [0.25, 0.3) is 5.56 Å². The van der Waals surface area contributed by atoms with Crippen LogP contribution in [0.5, 0.6) is 0 Å². The molecule has 0 unspecified atom stereocenters. The van der Waals surface area contributed by atoms with Crippen LogP contribution in [-0.2, 0) is 14.1 Å². The van der Waals surface area contributed by atoms with Crippen LogP contribution in [0.2, 0.25) is 0 Å². The van der Waals surface area contributed by atoms with Crippen molar-refractivity contribution in [1.29, 1.82) is 0 Å². The highest BCUT2D eigenvalue weighted by Crippen LogP contribution is 2.24. The summed E-state index contributed by atoms with van der Waals surface area (Å²) in [6.07, 6.45) is 1.61. The summed E-state index contributed by atoms with van der Waals surface area (Å²) in [6.45, 7) is 0. The Morgan fingerprint density at radius 1 is 1.06 bits per heavy atom. The topological polar surface area (TPSA) is 52.7 Å². The van der Waals surface area contributed by atoms with Crippen LogP contribution in [0.4, 0.5) is 0 Å². The molecule has 90 valence electrons. The average molecular weight is 240 g/mol. The summed E-state index contributed by atoms with van der Waals surface area (Å²) in [5, 5.41) is 8.93. The van der Waals surface area contributed by atoms with Gasteiger partial charge in [0.15, 0.2) is 0 Å². The number of benzene rings is 1. The van der Waals surface area contributed by atoms with Crippen LogP contribution in [-0.4, -0.2) is 19.6 Å². The van der Waals surface area contributed by atoms with Gasteiger partial charge in [0, 0.05) is 19.7 Å². The standard InChI is InChI=1S/C13H12N4O/c1-16-12(9-6-4-3-5-7-9)11-10(15-16)8-14-17(2)13(11)18/h3-8H,1-2H3. The number of aryl methyl sites for hydroxylation is 2. The Balaban J connectivity index is 2.46. The summed E-state index contributed by atoms with van der Waals surface area (Å²) in [6, 6.07) is 9.77. The zero-order valence-corrected chi connectivity index (χ0v) is 10.2. The molecule has 2 aromatic heterocycles. The van der Waals surface area contributed by atoms with Gasteiger partial charge in [-0.3, -0.25) is 9.48 Å². The van der Waals surface area contributed by atoms with Crippen LogP contribution in [0.25, 0.3) is 22.2 Å². The predicted molar refractivity (Wildman–Crippen MR) is 69.2 cm³/mol. The second-order valence-corrected chi connectivity index (χ2v) is 4.17. The van der Waals surface area contributed by atoms with Crippen molar-refractivity contribution in [1.82, 2.24) is 19.6 Å². The minimum absolute atomic E-state index is 0.126. The number of hydrogen-bond donors (Lipinski definition) is 0. The average Bonchev–Trinajstić information content (AvgIpc) is 2.72. The fourth-order valence-electron chi connectivity index (χ4n) is 2.13. The fraction of sp³-hybridized carbons (Fsp3) is 0.154. The van der Waals surface area contributed by atoms with Gasteiger partial charge in [-0.25, -0.2) is 4.68 Å². The Labute approximate surface area is 103 Å². The van der Waals surface area contributed by atoms with Gasteiger partial charge in [-0.15, -0.1) is 0 Å². The maximum Gasteiger partial charge on any atom is 0.278 e. The van der Waals surface area contributed by atoms with Gasteiger partial charge in [0.1, 0.15) is 5.52 Å². The minimum Gasteiger partial charge on any atom is -0.267 e. The third-order valence-corrected chi connectivity index (χ3v) is 2.98. The van der Waals surface area contributed by atoms with Crippen molar-refractivity contribution >= 4 is 10.9 Å². The Morgan fingerprint density at radius 3 is 2.50 bits per heavy atom. The van der Waals surface area contributed by atoms with E-state index in [-0.39, 0.29) is 5.56 Å². The molecule has 2 heterocycles. The molecule has 5 nitrogen and oxygen atoms in total. The highest BCUT2D eigenvalue weighted by Gasteiger charge is 2.15. The van der Waals surface area contributed by atoms with Crippen LogP contribution in [0, 0.1) is 0 Å². The molecule has 0 aliphatic carbocycles. The maximum atomic E-state index is 12.2. The van der Waals surface area contributed by atoms with Gasteiger partial charge in [-0.2, -0.15) is 10.2 Å². The molecule has 0 fully saturated rings. The molecule has 3 rings (SSSR count). The molecular weight excluding hydrogens is 228 g/mol. The molecule has 0 atom stereocenters. The van der Waals surface area contributed by atoms with E-state index in [1.807, 2.05) is 37.4 Å². The SMILES string of the molecule is Cn1nc2cnn(C)c(=O)c2c1-c1ccccc1. The second-order valence-electron chi connectivity index (χ2n) is 4.17. The van der Waals surface area contributed by atoms with E-state index < -0.39 is 0 Å². The number of hydrogen-bond acceptors (Lipinski definition) is 3. The van der Waals surface area contributed by atoms with Crippen LogP contribution in [0.1, 0.15) is 0 Å². The molecule has 18 heavy (non-hydrogen) atoms. The van der Waals surface area contributed by atoms with Crippen LogP contribution in [0.15, 0.2) is 41.3 Å². The molecule has 0 N–H and O–H groups in total. The highest BCUT2D eigenvalue weighted by molar-refractivity contribution is 5.92. The lowest BCUT2D eigenvalue weighted by Crippen LogP contribution is -2.18. The Kier molecular flexibility index (Phi) is 2.26. The highest BCUT2D eigenvalue weighted by atomic mass is 16.1. The van der Waals surface area contributed by atoms with E-state index in [1.54, 1.807) is 17.9 Å². The van der Waals surface area contributed by atoms with E-state index in [1.165, 1.54) is 4.68 Å². The fourth-order valence-corrected chi connectivity index (χ4v) is 2.13. The van der Waals surface area contributed by atoms with Crippen LogP contribution >= 0.6 is 0 Å².